The molecule has 2 aromatic rings. The van der Waals surface area contributed by atoms with E-state index in [1.165, 1.54) is 16.7 Å². The van der Waals surface area contributed by atoms with E-state index in [1.807, 2.05) is 17.9 Å². The minimum atomic E-state index is -0.0120. The molecule has 1 saturated heterocycles. The Bertz CT molecular complexity index is 726. The molecule has 0 saturated carbocycles. The van der Waals surface area contributed by atoms with Crippen molar-refractivity contribution < 1.29 is 4.79 Å². The van der Waals surface area contributed by atoms with Crippen LogP contribution in [-0.4, -0.2) is 47.1 Å². The second-order valence-electron chi connectivity index (χ2n) is 6.55. The number of carbonyl (C=O) groups excluding carboxylic acids is 1. The normalized spacial score (nSPS) is 15.8. The molecule has 2 amide bonds. The number of aromatic nitrogens is 2. The van der Waals surface area contributed by atoms with Gasteiger partial charge in [0.2, 0.25) is 5.95 Å². The van der Waals surface area contributed by atoms with Gasteiger partial charge in [-0.3, -0.25) is 0 Å². The molecule has 1 aromatic heterocycles. The van der Waals surface area contributed by atoms with E-state index in [4.69, 9.17) is 0 Å². The van der Waals surface area contributed by atoms with E-state index >= 15 is 0 Å². The van der Waals surface area contributed by atoms with E-state index in [2.05, 4.69) is 52.2 Å². The summed E-state index contributed by atoms with van der Waals surface area (Å²) >= 11 is 0. The first-order chi connectivity index (χ1) is 12.0. The Balaban J connectivity index is 1.57. The zero-order valence-electron chi connectivity index (χ0n) is 15.1. The molecule has 1 N–H and O–H groups in total. The van der Waals surface area contributed by atoms with Crippen molar-refractivity contribution in [1.82, 2.24) is 20.2 Å². The summed E-state index contributed by atoms with van der Waals surface area (Å²) in [4.78, 5) is 25.1. The maximum Gasteiger partial charge on any atom is 0.317 e. The topological polar surface area (TPSA) is 61.4 Å². The average molecular weight is 339 g/mol. The van der Waals surface area contributed by atoms with Crippen molar-refractivity contribution >= 4 is 12.0 Å². The molecule has 0 spiro atoms. The molecule has 3 rings (SSSR count). The zero-order chi connectivity index (χ0) is 17.8. The van der Waals surface area contributed by atoms with Crippen molar-refractivity contribution in [3.63, 3.8) is 0 Å². The fourth-order valence-electron chi connectivity index (χ4n) is 3.14. The van der Waals surface area contributed by atoms with Gasteiger partial charge in [0.25, 0.3) is 0 Å². The Morgan fingerprint density at radius 3 is 2.48 bits per heavy atom. The van der Waals surface area contributed by atoms with E-state index in [-0.39, 0.29) is 12.1 Å². The van der Waals surface area contributed by atoms with E-state index in [9.17, 15) is 4.79 Å². The Hall–Kier alpha value is -2.63. The summed E-state index contributed by atoms with van der Waals surface area (Å²) in [5.41, 5.74) is 3.58. The maximum atomic E-state index is 12.6. The van der Waals surface area contributed by atoms with Crippen molar-refractivity contribution in [2.24, 2.45) is 0 Å². The van der Waals surface area contributed by atoms with Crippen molar-refractivity contribution in [2.75, 3.05) is 31.1 Å². The molecular formula is C19H25N5O. The number of carbonyl (C=O) groups is 1. The fraction of sp³-hybridized carbons (Fsp3) is 0.421. The molecule has 0 aliphatic carbocycles. The van der Waals surface area contributed by atoms with Gasteiger partial charge in [-0.1, -0.05) is 23.8 Å². The lowest BCUT2D eigenvalue weighted by Crippen LogP contribution is -2.52. The molecule has 1 aliphatic rings. The molecule has 1 aliphatic heterocycles. The highest BCUT2D eigenvalue weighted by Crippen LogP contribution is 2.19. The van der Waals surface area contributed by atoms with Crippen molar-refractivity contribution in [3.05, 3.63) is 53.3 Å². The number of nitrogens with one attached hydrogen (secondary N) is 1. The van der Waals surface area contributed by atoms with Crippen LogP contribution in [0.25, 0.3) is 0 Å². The molecule has 1 atom stereocenters. The first-order valence-corrected chi connectivity index (χ1v) is 8.69. The highest BCUT2D eigenvalue weighted by molar-refractivity contribution is 5.75. The molecule has 0 bridgehead atoms. The highest BCUT2D eigenvalue weighted by Gasteiger charge is 2.23. The molecule has 6 nitrogen and oxygen atoms in total. The van der Waals surface area contributed by atoms with Crippen LogP contribution < -0.4 is 10.2 Å². The fourth-order valence-corrected chi connectivity index (χ4v) is 3.14. The van der Waals surface area contributed by atoms with Gasteiger partial charge in [-0.25, -0.2) is 14.8 Å². The van der Waals surface area contributed by atoms with Crippen LogP contribution in [0.5, 0.6) is 0 Å². The SMILES string of the molecule is Cc1ccc(C)c(C(C)NC(=O)N2CCN(c3ncccn3)CC2)c1. The largest absolute Gasteiger partial charge is 0.337 e. The van der Waals surface area contributed by atoms with Crippen LogP contribution in [0.1, 0.15) is 29.7 Å². The van der Waals surface area contributed by atoms with Crippen LogP contribution in [0.2, 0.25) is 0 Å². The number of benzene rings is 1. The highest BCUT2D eigenvalue weighted by atomic mass is 16.2. The molecule has 2 heterocycles. The first kappa shape index (κ1) is 17.2. The van der Waals surface area contributed by atoms with E-state index in [1.54, 1.807) is 12.4 Å². The summed E-state index contributed by atoms with van der Waals surface area (Å²) in [6.45, 7) is 9.02. The second-order valence-corrected chi connectivity index (χ2v) is 6.55. The predicted molar refractivity (Wildman–Crippen MR) is 98.7 cm³/mol. The van der Waals surface area contributed by atoms with Crippen LogP contribution in [0, 0.1) is 13.8 Å². The minimum Gasteiger partial charge on any atom is -0.337 e. The number of hydrogen-bond donors (Lipinski definition) is 1. The van der Waals surface area contributed by atoms with Gasteiger partial charge in [0.15, 0.2) is 0 Å². The summed E-state index contributed by atoms with van der Waals surface area (Å²) < 4.78 is 0. The van der Waals surface area contributed by atoms with Gasteiger partial charge >= 0.3 is 6.03 Å². The molecule has 1 fully saturated rings. The number of amides is 2. The number of hydrogen-bond acceptors (Lipinski definition) is 4. The molecule has 1 aromatic carbocycles. The molecule has 6 heteroatoms. The molecule has 0 radical (unpaired) electrons. The average Bonchev–Trinajstić information content (AvgIpc) is 2.64. The van der Waals surface area contributed by atoms with E-state index in [0.29, 0.717) is 13.1 Å². The van der Waals surface area contributed by atoms with Crippen molar-refractivity contribution in [2.45, 2.75) is 26.8 Å². The van der Waals surface area contributed by atoms with Crippen LogP contribution >= 0.6 is 0 Å². The number of aryl methyl sites for hydroxylation is 2. The van der Waals surface area contributed by atoms with Gasteiger partial charge < -0.3 is 15.1 Å². The number of anilines is 1. The smallest absolute Gasteiger partial charge is 0.317 e. The van der Waals surface area contributed by atoms with Crippen LogP contribution in [0.4, 0.5) is 10.7 Å². The third kappa shape index (κ3) is 4.07. The van der Waals surface area contributed by atoms with Gasteiger partial charge in [0.1, 0.15) is 0 Å². The van der Waals surface area contributed by atoms with Crippen molar-refractivity contribution in [3.8, 4) is 0 Å². The quantitative estimate of drug-likeness (QED) is 0.934. The molecule has 1 unspecified atom stereocenters. The van der Waals surface area contributed by atoms with Gasteiger partial charge in [-0.2, -0.15) is 0 Å². The van der Waals surface area contributed by atoms with Crippen LogP contribution in [-0.2, 0) is 0 Å². The summed E-state index contributed by atoms with van der Waals surface area (Å²) in [7, 11) is 0. The zero-order valence-corrected chi connectivity index (χ0v) is 15.1. The Labute approximate surface area is 148 Å². The van der Waals surface area contributed by atoms with Crippen LogP contribution in [0.3, 0.4) is 0 Å². The first-order valence-electron chi connectivity index (χ1n) is 8.69. The summed E-state index contributed by atoms with van der Waals surface area (Å²) in [5.74, 6) is 0.728. The number of piperazine rings is 1. The summed E-state index contributed by atoms with van der Waals surface area (Å²) in [6, 6.07) is 8.13. The lowest BCUT2D eigenvalue weighted by Gasteiger charge is -2.35. The Kier molecular flexibility index (Phi) is 5.16. The molecular weight excluding hydrogens is 314 g/mol. The molecule has 132 valence electrons. The second kappa shape index (κ2) is 7.51. The summed E-state index contributed by atoms with van der Waals surface area (Å²) in [5, 5.41) is 3.13. The standard InChI is InChI=1S/C19H25N5O/c1-14-5-6-15(2)17(13-14)16(3)22-19(25)24-11-9-23(10-12-24)18-20-7-4-8-21-18/h4-8,13,16H,9-12H2,1-3H3,(H,22,25). The van der Waals surface area contributed by atoms with E-state index in [0.717, 1.165) is 19.0 Å². The Morgan fingerprint density at radius 1 is 1.12 bits per heavy atom. The molecule has 25 heavy (non-hydrogen) atoms. The minimum absolute atomic E-state index is 0.0112. The maximum absolute atomic E-state index is 12.6. The number of urea groups is 1. The summed E-state index contributed by atoms with van der Waals surface area (Å²) in [6.07, 6.45) is 3.49. The monoisotopic (exact) mass is 339 g/mol. The predicted octanol–water partition coefficient (Wildman–Crippen LogP) is 2.69. The van der Waals surface area contributed by atoms with Gasteiger partial charge in [-0.15, -0.1) is 0 Å². The number of nitrogens with zero attached hydrogens (tertiary/aromatic N) is 4. The van der Waals surface area contributed by atoms with Gasteiger partial charge in [-0.05, 0) is 38.0 Å². The van der Waals surface area contributed by atoms with Crippen molar-refractivity contribution in [1.29, 1.82) is 0 Å². The third-order valence-electron chi connectivity index (χ3n) is 4.64. The van der Waals surface area contributed by atoms with Gasteiger partial charge in [0.05, 0.1) is 6.04 Å². The Morgan fingerprint density at radius 2 is 1.80 bits per heavy atom. The van der Waals surface area contributed by atoms with E-state index < -0.39 is 0 Å². The lowest BCUT2D eigenvalue weighted by molar-refractivity contribution is 0.191. The van der Waals surface area contributed by atoms with Gasteiger partial charge in [0, 0.05) is 38.6 Å². The third-order valence-corrected chi connectivity index (χ3v) is 4.64. The van der Waals surface area contributed by atoms with Crippen LogP contribution in [0.15, 0.2) is 36.7 Å². The lowest BCUT2D eigenvalue weighted by atomic mass is 10.0. The number of rotatable bonds is 3.